The first-order valence-electron chi connectivity index (χ1n) is 19.4. The van der Waals surface area contributed by atoms with E-state index in [4.69, 9.17) is 0 Å². The first-order valence-corrected chi connectivity index (χ1v) is 19.4. The number of nitrogens with zero attached hydrogens (tertiary/aromatic N) is 4. The van der Waals surface area contributed by atoms with E-state index in [0.717, 1.165) is 32.2 Å². The Morgan fingerprint density at radius 3 is 1.91 bits per heavy atom. The van der Waals surface area contributed by atoms with E-state index in [1.165, 1.54) is 94.2 Å². The minimum atomic E-state index is 1.08. The van der Waals surface area contributed by atoms with Crippen molar-refractivity contribution < 1.29 is 8.82 Å². The molecule has 0 spiro atoms. The lowest BCUT2D eigenvalue weighted by atomic mass is 9.93. The maximum atomic E-state index is 2.58. The van der Waals surface area contributed by atoms with Crippen molar-refractivity contribution in [1.82, 2.24) is 0 Å². The van der Waals surface area contributed by atoms with Crippen molar-refractivity contribution in [3.8, 4) is 0 Å². The molecule has 3 aliphatic rings. The summed E-state index contributed by atoms with van der Waals surface area (Å²) in [6.07, 6.45) is 26.3. The average Bonchev–Trinajstić information content (AvgIpc) is 3.50. The van der Waals surface area contributed by atoms with E-state index in [2.05, 4.69) is 193 Å². The van der Waals surface area contributed by atoms with Gasteiger partial charge in [-0.25, -0.2) is 4.58 Å². The number of benzene rings is 5. The quantitative estimate of drug-likeness (QED) is 0.127. The lowest BCUT2D eigenvalue weighted by Crippen LogP contribution is -2.27. The van der Waals surface area contributed by atoms with Crippen LogP contribution < -0.4 is 19.3 Å². The third-order valence-corrected chi connectivity index (χ3v) is 11.4. The number of allylic oxidation sites excluding steroid dienone is 1. The lowest BCUT2D eigenvalue weighted by molar-refractivity contribution is -0.518. The van der Waals surface area contributed by atoms with Gasteiger partial charge in [0.25, 0.3) is 0 Å². The SMILES string of the molecule is CN(C)c1ccc2cc(/C=C/c3cc[n+]4c(c3)=c3c(c(/C=C/c5ccc6cc(N(C)C)ccc6c5)cc5c3=C3CCCC=[N+]3CCC5)C=CC=4)ccc2c1. The summed E-state index contributed by atoms with van der Waals surface area (Å²) in [5, 5.41) is 9.07. The highest BCUT2D eigenvalue weighted by atomic mass is 15.1. The number of anilines is 2. The highest BCUT2D eigenvalue weighted by Crippen LogP contribution is 2.27. The van der Waals surface area contributed by atoms with E-state index in [9.17, 15) is 0 Å². The number of fused-ring (bicyclic) bond motifs is 7. The van der Waals surface area contributed by atoms with Crippen molar-refractivity contribution in [3.63, 3.8) is 0 Å². The number of rotatable bonds is 6. The zero-order valence-electron chi connectivity index (χ0n) is 31.9. The van der Waals surface area contributed by atoms with Crippen LogP contribution in [-0.2, 0) is 6.42 Å². The summed E-state index contributed by atoms with van der Waals surface area (Å²) in [5.41, 5.74) is 11.6. The van der Waals surface area contributed by atoms with Gasteiger partial charge in [-0.3, -0.25) is 0 Å². The second kappa shape index (κ2) is 14.1. The van der Waals surface area contributed by atoms with Crippen LogP contribution in [0.4, 0.5) is 11.4 Å². The van der Waals surface area contributed by atoms with Crippen LogP contribution in [0.25, 0.3) is 57.6 Å². The monoisotopic (exact) mass is 704 g/mol. The molecule has 0 saturated carbocycles. The van der Waals surface area contributed by atoms with Crippen molar-refractivity contribution in [2.75, 3.05) is 44.5 Å². The minimum absolute atomic E-state index is 1.08. The molecule has 266 valence electrons. The predicted molar refractivity (Wildman–Crippen MR) is 230 cm³/mol. The van der Waals surface area contributed by atoms with Crippen LogP contribution in [0.5, 0.6) is 0 Å². The van der Waals surface area contributed by atoms with E-state index in [0.29, 0.717) is 0 Å². The van der Waals surface area contributed by atoms with Gasteiger partial charge in [-0.05, 0) is 110 Å². The van der Waals surface area contributed by atoms with Crippen LogP contribution in [0.1, 0.15) is 59.1 Å². The van der Waals surface area contributed by atoms with Gasteiger partial charge in [0.05, 0.1) is 10.4 Å². The van der Waals surface area contributed by atoms with Crippen LogP contribution in [0.2, 0.25) is 0 Å². The lowest BCUT2D eigenvalue weighted by Gasteiger charge is -2.13. The Hall–Kier alpha value is -6.00. The zero-order chi connectivity index (χ0) is 36.8. The second-order valence-electron chi connectivity index (χ2n) is 15.4. The molecule has 54 heavy (non-hydrogen) atoms. The first-order chi connectivity index (χ1) is 26.4. The standard InChI is InChI=1S/C50H48N4/c1-51(2)44-22-20-38-29-35(14-17-40(38)33-44)12-13-37-24-28-54-27-8-10-46-42(19-16-36-15-18-41-34-45(52(3)4)23-21-39(41)30-36)32-43-9-7-26-53-25-6-5-11-47(53)49(43)50(46)48(54)31-37/h8,10,12-25,27-34H,5-7,9,11,26H2,1-4H3/q+2/b13-12+. The maximum absolute atomic E-state index is 2.58. The van der Waals surface area contributed by atoms with Gasteiger partial charge >= 0.3 is 0 Å². The number of aromatic nitrogens is 1. The predicted octanol–water partition coefficient (Wildman–Crippen LogP) is 9.40. The van der Waals surface area contributed by atoms with Crippen molar-refractivity contribution in [2.45, 2.75) is 32.1 Å². The molecular weight excluding hydrogens is 657 g/mol. The molecule has 5 aromatic carbocycles. The third kappa shape index (κ3) is 6.47. The van der Waals surface area contributed by atoms with Crippen LogP contribution in [0, 0.1) is 16.8 Å². The molecule has 1 aromatic heterocycles. The maximum Gasteiger partial charge on any atom is 0.219 e. The molecule has 6 aromatic rings. The van der Waals surface area contributed by atoms with Gasteiger partial charge in [0.1, 0.15) is 12.8 Å². The Bertz CT molecular complexity index is 2830. The molecular formula is C50H48N4+2. The molecule has 0 unspecified atom stereocenters. The van der Waals surface area contributed by atoms with Gasteiger partial charge in [-0.15, -0.1) is 0 Å². The van der Waals surface area contributed by atoms with Crippen LogP contribution >= 0.6 is 0 Å². The Labute approximate surface area is 318 Å². The molecule has 0 bridgehead atoms. The second-order valence-corrected chi connectivity index (χ2v) is 15.4. The van der Waals surface area contributed by atoms with Crippen molar-refractivity contribution in [1.29, 1.82) is 0 Å². The number of aryl methyl sites for hydroxylation is 1. The summed E-state index contributed by atoms with van der Waals surface area (Å²) >= 11 is 0. The van der Waals surface area contributed by atoms with Gasteiger partial charge < -0.3 is 9.80 Å². The summed E-state index contributed by atoms with van der Waals surface area (Å²) < 4.78 is 4.90. The third-order valence-electron chi connectivity index (χ3n) is 11.4. The molecule has 0 amide bonds. The van der Waals surface area contributed by atoms with Crippen molar-refractivity contribution in [3.05, 3.63) is 159 Å². The van der Waals surface area contributed by atoms with E-state index in [-0.39, 0.29) is 0 Å². The van der Waals surface area contributed by atoms with Crippen LogP contribution in [-0.4, -0.2) is 45.5 Å². The number of hydrogen-bond acceptors (Lipinski definition) is 2. The molecule has 9 rings (SSSR count). The normalized spacial score (nSPS) is 15.0. The van der Waals surface area contributed by atoms with E-state index in [1.807, 2.05) is 0 Å². The largest absolute Gasteiger partial charge is 0.378 e. The van der Waals surface area contributed by atoms with Crippen molar-refractivity contribution in [2.24, 2.45) is 0 Å². The van der Waals surface area contributed by atoms with Crippen LogP contribution in [0.3, 0.4) is 0 Å². The van der Waals surface area contributed by atoms with E-state index < -0.39 is 0 Å². The molecule has 4 heterocycles. The Morgan fingerprint density at radius 2 is 1.22 bits per heavy atom. The fraction of sp³-hybridized carbons (Fsp3) is 0.200. The summed E-state index contributed by atoms with van der Waals surface area (Å²) in [5.74, 6) is 0. The molecule has 0 N–H and O–H groups in total. The Balaban J connectivity index is 1.21. The summed E-state index contributed by atoms with van der Waals surface area (Å²) in [4.78, 5) is 4.31. The molecule has 4 nitrogen and oxygen atoms in total. The molecule has 0 radical (unpaired) electrons. The Kier molecular flexibility index (Phi) is 8.83. The number of pyridine rings is 1. The highest BCUT2D eigenvalue weighted by Gasteiger charge is 2.26. The summed E-state index contributed by atoms with van der Waals surface area (Å²) in [7, 11) is 8.37. The van der Waals surface area contributed by atoms with Gasteiger partial charge in [0.15, 0.2) is 18.1 Å². The smallest absolute Gasteiger partial charge is 0.219 e. The molecule has 3 aliphatic heterocycles. The highest BCUT2D eigenvalue weighted by molar-refractivity contribution is 5.90. The minimum Gasteiger partial charge on any atom is -0.378 e. The van der Waals surface area contributed by atoms with E-state index in [1.54, 1.807) is 0 Å². The van der Waals surface area contributed by atoms with Gasteiger partial charge in [0, 0.05) is 77.0 Å². The molecule has 4 heteroatoms. The van der Waals surface area contributed by atoms with Crippen LogP contribution in [0.15, 0.2) is 103 Å². The Morgan fingerprint density at radius 1 is 0.593 bits per heavy atom. The molecule has 0 aliphatic carbocycles. The van der Waals surface area contributed by atoms with Gasteiger partial charge in [0.2, 0.25) is 5.35 Å². The summed E-state index contributed by atoms with van der Waals surface area (Å²) in [6, 6.07) is 34.1. The molecule has 0 fully saturated rings. The average molecular weight is 705 g/mol. The van der Waals surface area contributed by atoms with Gasteiger partial charge in [-0.2, -0.15) is 4.24 Å². The fourth-order valence-electron chi connectivity index (χ4n) is 8.43. The zero-order valence-corrected chi connectivity index (χ0v) is 31.9. The van der Waals surface area contributed by atoms with E-state index >= 15 is 0 Å². The molecule has 0 atom stereocenters. The molecule has 0 saturated heterocycles. The number of hydrogen-bond donors (Lipinski definition) is 0. The summed E-state index contributed by atoms with van der Waals surface area (Å²) in [6.45, 7) is 1.09. The van der Waals surface area contributed by atoms with Gasteiger partial charge in [-0.1, -0.05) is 66.8 Å². The topological polar surface area (TPSA) is 15.4 Å². The first kappa shape index (κ1) is 33.8. The van der Waals surface area contributed by atoms with Crippen molar-refractivity contribution >= 4 is 75.2 Å². The fourth-order valence-corrected chi connectivity index (χ4v) is 8.43.